The van der Waals surface area contributed by atoms with Crippen molar-refractivity contribution in [3.05, 3.63) is 63.5 Å². The van der Waals surface area contributed by atoms with E-state index < -0.39 is 0 Å². The van der Waals surface area contributed by atoms with Crippen LogP contribution in [0.1, 0.15) is 16.2 Å². The van der Waals surface area contributed by atoms with Gasteiger partial charge in [0.2, 0.25) is 0 Å². The number of aromatic nitrogens is 3. The monoisotopic (exact) mass is 370 g/mol. The minimum atomic E-state index is -0.314. The summed E-state index contributed by atoms with van der Waals surface area (Å²) < 4.78 is 6.29. The predicted octanol–water partition coefficient (Wildman–Crippen LogP) is 1.88. The van der Waals surface area contributed by atoms with E-state index in [0.717, 1.165) is 26.7 Å². The van der Waals surface area contributed by atoms with Gasteiger partial charge in [0.1, 0.15) is 16.5 Å². The Bertz CT molecular complexity index is 963. The number of nitrogens with zero attached hydrogens (tertiary/aromatic N) is 3. The highest BCUT2D eigenvalue weighted by molar-refractivity contribution is 7.13. The van der Waals surface area contributed by atoms with Crippen LogP contribution in [0, 0.1) is 0 Å². The average Bonchev–Trinajstić information content (AvgIpc) is 3.13. The van der Waals surface area contributed by atoms with Crippen molar-refractivity contribution in [1.82, 2.24) is 20.1 Å². The molecule has 1 aromatic carbocycles. The Morgan fingerprint density at radius 3 is 2.69 bits per heavy atom. The smallest absolute Gasteiger partial charge is 0.271 e. The Morgan fingerprint density at radius 2 is 2.00 bits per heavy atom. The number of thiazole rings is 1. The molecule has 134 valence electrons. The van der Waals surface area contributed by atoms with Crippen molar-refractivity contribution < 1.29 is 9.53 Å². The van der Waals surface area contributed by atoms with Gasteiger partial charge in [0.05, 0.1) is 12.8 Å². The van der Waals surface area contributed by atoms with Crippen LogP contribution < -0.4 is 15.6 Å². The molecule has 0 unspecified atom stereocenters. The van der Waals surface area contributed by atoms with E-state index in [1.165, 1.54) is 19.2 Å². The molecule has 26 heavy (non-hydrogen) atoms. The lowest BCUT2D eigenvalue weighted by Gasteiger charge is -2.04. The minimum absolute atomic E-state index is 0.212. The van der Waals surface area contributed by atoms with Crippen molar-refractivity contribution in [2.45, 2.75) is 6.42 Å². The van der Waals surface area contributed by atoms with E-state index in [2.05, 4.69) is 15.4 Å². The van der Waals surface area contributed by atoms with E-state index in [0.29, 0.717) is 13.0 Å². The first-order valence-corrected chi connectivity index (χ1v) is 8.86. The Hall–Kier alpha value is -3.00. The molecule has 1 amide bonds. The maximum Gasteiger partial charge on any atom is 0.271 e. The van der Waals surface area contributed by atoms with E-state index in [-0.39, 0.29) is 17.2 Å². The molecule has 0 radical (unpaired) electrons. The molecule has 3 rings (SSSR count). The summed E-state index contributed by atoms with van der Waals surface area (Å²) in [5.41, 5.74) is 1.90. The maximum atomic E-state index is 12.1. The first-order valence-electron chi connectivity index (χ1n) is 7.98. The van der Waals surface area contributed by atoms with Crippen LogP contribution >= 0.6 is 11.3 Å². The highest BCUT2D eigenvalue weighted by atomic mass is 32.1. The SMILES string of the molecule is COc1ccc(-c2nc(CCNC(=O)c3ccc(=O)n(C)n3)cs2)cc1. The number of benzene rings is 1. The normalized spacial score (nSPS) is 10.5. The van der Waals surface area contributed by atoms with Gasteiger partial charge >= 0.3 is 0 Å². The quantitative estimate of drug-likeness (QED) is 0.716. The molecular weight excluding hydrogens is 352 g/mol. The van der Waals surface area contributed by atoms with Crippen molar-refractivity contribution in [1.29, 1.82) is 0 Å². The number of carbonyl (C=O) groups is 1. The van der Waals surface area contributed by atoms with E-state index in [1.807, 2.05) is 29.6 Å². The third kappa shape index (κ3) is 4.15. The predicted molar refractivity (Wildman–Crippen MR) is 99.6 cm³/mol. The number of rotatable bonds is 6. The number of carbonyl (C=O) groups excluding carboxylic acids is 1. The van der Waals surface area contributed by atoms with Crippen LogP contribution in [0.25, 0.3) is 10.6 Å². The number of ether oxygens (including phenoxy) is 1. The number of amides is 1. The molecule has 1 N–H and O–H groups in total. The molecule has 0 spiro atoms. The molecule has 0 fully saturated rings. The molecule has 0 atom stereocenters. The minimum Gasteiger partial charge on any atom is -0.497 e. The van der Waals surface area contributed by atoms with Crippen LogP contribution in [0.3, 0.4) is 0 Å². The highest BCUT2D eigenvalue weighted by Gasteiger charge is 2.09. The first-order chi connectivity index (χ1) is 12.6. The molecule has 8 heteroatoms. The summed E-state index contributed by atoms with van der Waals surface area (Å²) >= 11 is 1.56. The fraction of sp³-hybridized carbons (Fsp3) is 0.222. The van der Waals surface area contributed by atoms with Gasteiger partial charge < -0.3 is 10.1 Å². The summed E-state index contributed by atoms with van der Waals surface area (Å²) in [6.45, 7) is 0.440. The van der Waals surface area contributed by atoms with Crippen LogP contribution in [0.4, 0.5) is 0 Å². The zero-order valence-electron chi connectivity index (χ0n) is 14.4. The van der Waals surface area contributed by atoms with Gasteiger partial charge in [-0.2, -0.15) is 5.10 Å². The number of hydrogen-bond donors (Lipinski definition) is 1. The molecule has 0 bridgehead atoms. The Kier molecular flexibility index (Phi) is 5.43. The Morgan fingerprint density at radius 1 is 1.23 bits per heavy atom. The molecule has 3 aromatic rings. The number of nitrogens with one attached hydrogen (secondary N) is 1. The standard InChI is InChI=1S/C18H18N4O3S/c1-22-16(23)8-7-15(21-22)17(24)19-10-9-13-11-26-18(20-13)12-3-5-14(25-2)6-4-12/h3-8,11H,9-10H2,1-2H3,(H,19,24). The summed E-state index contributed by atoms with van der Waals surface area (Å²) in [7, 11) is 3.14. The average molecular weight is 370 g/mol. The van der Waals surface area contributed by atoms with Gasteiger partial charge in [-0.05, 0) is 30.3 Å². The van der Waals surface area contributed by atoms with Gasteiger partial charge in [0.25, 0.3) is 11.5 Å². The lowest BCUT2D eigenvalue weighted by molar-refractivity contribution is 0.0947. The lowest BCUT2D eigenvalue weighted by atomic mass is 10.2. The van der Waals surface area contributed by atoms with Gasteiger partial charge in [-0.1, -0.05) is 0 Å². The third-order valence-corrected chi connectivity index (χ3v) is 4.69. The summed E-state index contributed by atoms with van der Waals surface area (Å²) in [5.74, 6) is 0.492. The van der Waals surface area contributed by atoms with Gasteiger partial charge in [-0.15, -0.1) is 11.3 Å². The fourth-order valence-corrected chi connectivity index (χ4v) is 3.17. The van der Waals surface area contributed by atoms with Crippen LogP contribution in [-0.2, 0) is 13.5 Å². The van der Waals surface area contributed by atoms with Crippen molar-refractivity contribution in [3.8, 4) is 16.3 Å². The molecule has 2 heterocycles. The van der Waals surface area contributed by atoms with Crippen LogP contribution in [-0.4, -0.2) is 34.3 Å². The highest BCUT2D eigenvalue weighted by Crippen LogP contribution is 2.25. The fourth-order valence-electron chi connectivity index (χ4n) is 2.31. The summed E-state index contributed by atoms with van der Waals surface area (Å²) in [4.78, 5) is 28.0. The van der Waals surface area contributed by atoms with Crippen LogP contribution in [0.5, 0.6) is 5.75 Å². The molecule has 0 saturated carbocycles. The number of hydrogen-bond acceptors (Lipinski definition) is 6. The number of methoxy groups -OCH3 is 1. The van der Waals surface area contributed by atoms with Crippen LogP contribution in [0.15, 0.2) is 46.6 Å². The zero-order valence-corrected chi connectivity index (χ0v) is 15.2. The van der Waals surface area contributed by atoms with Crippen molar-refractivity contribution in [3.63, 3.8) is 0 Å². The van der Waals surface area contributed by atoms with E-state index in [9.17, 15) is 9.59 Å². The second-order valence-corrected chi connectivity index (χ2v) is 6.42. The molecule has 0 aliphatic rings. The van der Waals surface area contributed by atoms with Crippen LogP contribution in [0.2, 0.25) is 0 Å². The summed E-state index contributed by atoms with van der Waals surface area (Å²) in [5, 5.41) is 9.62. The Balaban J connectivity index is 1.56. The van der Waals surface area contributed by atoms with Gasteiger partial charge in [-0.25, -0.2) is 9.67 Å². The largest absolute Gasteiger partial charge is 0.497 e. The number of aryl methyl sites for hydroxylation is 1. The second kappa shape index (κ2) is 7.92. The molecule has 0 saturated heterocycles. The van der Waals surface area contributed by atoms with Crippen molar-refractivity contribution in [2.75, 3.05) is 13.7 Å². The van der Waals surface area contributed by atoms with E-state index in [1.54, 1.807) is 18.4 Å². The molecular formula is C18H18N4O3S. The second-order valence-electron chi connectivity index (χ2n) is 5.56. The van der Waals surface area contributed by atoms with Crippen molar-refractivity contribution >= 4 is 17.2 Å². The van der Waals surface area contributed by atoms with E-state index in [4.69, 9.17) is 4.74 Å². The molecule has 0 aliphatic carbocycles. The third-order valence-electron chi connectivity index (χ3n) is 3.75. The van der Waals surface area contributed by atoms with E-state index >= 15 is 0 Å². The first kappa shape index (κ1) is 17.8. The summed E-state index contributed by atoms with van der Waals surface area (Å²) in [6, 6.07) is 10.5. The topological polar surface area (TPSA) is 86.1 Å². The van der Waals surface area contributed by atoms with Gasteiger partial charge in [0, 0.05) is 37.0 Å². The van der Waals surface area contributed by atoms with Gasteiger partial charge in [0.15, 0.2) is 0 Å². The van der Waals surface area contributed by atoms with Gasteiger partial charge in [-0.3, -0.25) is 9.59 Å². The Labute approximate surface area is 154 Å². The molecule has 2 aromatic heterocycles. The zero-order chi connectivity index (χ0) is 18.5. The summed E-state index contributed by atoms with van der Waals surface area (Å²) in [6.07, 6.45) is 0.615. The lowest BCUT2D eigenvalue weighted by Crippen LogP contribution is -2.29. The maximum absolute atomic E-state index is 12.1. The molecule has 7 nitrogen and oxygen atoms in total. The molecule has 0 aliphatic heterocycles. The van der Waals surface area contributed by atoms with Crippen molar-refractivity contribution in [2.24, 2.45) is 7.05 Å².